The molecule has 0 spiro atoms. The van der Waals surface area contributed by atoms with Crippen molar-refractivity contribution in [1.29, 1.82) is 0 Å². The summed E-state index contributed by atoms with van der Waals surface area (Å²) in [5.41, 5.74) is 8.54. The van der Waals surface area contributed by atoms with E-state index in [0.717, 1.165) is 53.9 Å². The first-order chi connectivity index (χ1) is 16.3. The minimum absolute atomic E-state index is 0.0603. The Labute approximate surface area is 193 Å². The largest absolute Gasteiger partial charge is 0.573 e. The summed E-state index contributed by atoms with van der Waals surface area (Å²) in [7, 11) is 0. The van der Waals surface area contributed by atoms with Crippen molar-refractivity contribution in [2.45, 2.75) is 37.5 Å². The minimum atomic E-state index is -4.83. The van der Waals surface area contributed by atoms with Crippen LogP contribution in [0, 0.1) is 0 Å². The molecule has 0 radical (unpaired) electrons. The first kappa shape index (κ1) is 22.5. The molecule has 2 saturated heterocycles. The Balaban J connectivity index is 1.33. The second-order valence-corrected chi connectivity index (χ2v) is 8.64. The van der Waals surface area contributed by atoms with Gasteiger partial charge in [0.05, 0.1) is 5.56 Å². The number of nitrogens with two attached hydrogens (primary N) is 1. The molecule has 2 aromatic heterocycles. The maximum Gasteiger partial charge on any atom is 0.573 e. The third-order valence-corrected chi connectivity index (χ3v) is 6.44. The number of fused-ring (bicyclic) bond motifs is 1. The highest BCUT2D eigenvalue weighted by molar-refractivity contribution is 5.99. The number of aromatic amines is 1. The smallest absolute Gasteiger partial charge is 0.406 e. The summed E-state index contributed by atoms with van der Waals surface area (Å²) < 4.78 is 46.7. The molecule has 0 bridgehead atoms. The van der Waals surface area contributed by atoms with E-state index in [1.54, 1.807) is 11.1 Å². The summed E-state index contributed by atoms with van der Waals surface area (Å²) in [6.45, 7) is 2.39. The number of imidazole rings is 1. The fourth-order valence-electron chi connectivity index (χ4n) is 4.74. The van der Waals surface area contributed by atoms with E-state index in [1.807, 2.05) is 6.07 Å². The van der Waals surface area contributed by atoms with Crippen LogP contribution in [0.25, 0.3) is 11.2 Å². The van der Waals surface area contributed by atoms with Gasteiger partial charge in [-0.05, 0) is 43.0 Å². The van der Waals surface area contributed by atoms with Gasteiger partial charge in [-0.25, -0.2) is 9.97 Å². The standard InChI is InChI=1S/C23H24F3N5O3/c24-23(25,26)34-15-1-2-17(18(27)11-15)22(32)31-8-4-14(12-31)16-3-7-28-21-19(16)29-20(30-21)13-5-9-33-10-6-13/h1-3,7,11,13-14H,4-6,8-10,12,27H2,(H,28,29,30)/t14-/m1/s1. The minimum Gasteiger partial charge on any atom is -0.406 e. The van der Waals surface area contributed by atoms with E-state index in [4.69, 9.17) is 15.5 Å². The first-order valence-electron chi connectivity index (χ1n) is 11.2. The van der Waals surface area contributed by atoms with Gasteiger partial charge in [0.25, 0.3) is 5.91 Å². The van der Waals surface area contributed by atoms with Crippen molar-refractivity contribution in [2.75, 3.05) is 32.0 Å². The highest BCUT2D eigenvalue weighted by Gasteiger charge is 2.33. The van der Waals surface area contributed by atoms with Gasteiger partial charge in [0.15, 0.2) is 5.65 Å². The zero-order valence-corrected chi connectivity index (χ0v) is 18.3. The normalized spacial score (nSPS) is 19.6. The Morgan fingerprint density at radius 2 is 1.97 bits per heavy atom. The van der Waals surface area contributed by atoms with Gasteiger partial charge in [0.1, 0.15) is 17.1 Å². The van der Waals surface area contributed by atoms with Gasteiger partial charge in [0, 0.05) is 56.1 Å². The van der Waals surface area contributed by atoms with E-state index in [1.165, 1.54) is 6.07 Å². The number of nitrogens with zero attached hydrogens (tertiary/aromatic N) is 3. The number of ether oxygens (including phenoxy) is 2. The van der Waals surface area contributed by atoms with Gasteiger partial charge in [-0.1, -0.05) is 0 Å². The maximum atomic E-state index is 13.1. The van der Waals surface area contributed by atoms with Gasteiger partial charge >= 0.3 is 6.36 Å². The number of amides is 1. The number of rotatable bonds is 4. The Morgan fingerprint density at radius 3 is 2.71 bits per heavy atom. The topological polar surface area (TPSA) is 106 Å². The van der Waals surface area contributed by atoms with Crippen molar-refractivity contribution in [3.8, 4) is 5.75 Å². The van der Waals surface area contributed by atoms with Gasteiger partial charge < -0.3 is 25.1 Å². The van der Waals surface area contributed by atoms with Gasteiger partial charge in [0.2, 0.25) is 0 Å². The monoisotopic (exact) mass is 475 g/mol. The molecule has 11 heteroatoms. The number of nitrogen functional groups attached to an aromatic ring is 1. The predicted molar refractivity (Wildman–Crippen MR) is 117 cm³/mol. The number of benzene rings is 1. The summed E-state index contributed by atoms with van der Waals surface area (Å²) in [6.07, 6.45) is -0.526. The van der Waals surface area contributed by atoms with Crippen LogP contribution in [-0.4, -0.2) is 58.4 Å². The van der Waals surface area contributed by atoms with Crippen LogP contribution < -0.4 is 10.5 Å². The fraction of sp³-hybridized carbons (Fsp3) is 0.435. The summed E-state index contributed by atoms with van der Waals surface area (Å²) in [6, 6.07) is 5.32. The number of nitrogens with one attached hydrogen (secondary N) is 1. The molecule has 3 aromatic rings. The lowest BCUT2D eigenvalue weighted by atomic mass is 9.98. The van der Waals surface area contributed by atoms with Crippen molar-refractivity contribution < 1.29 is 27.4 Å². The molecule has 2 aliphatic rings. The highest BCUT2D eigenvalue weighted by atomic mass is 19.4. The third kappa shape index (κ3) is 4.52. The lowest BCUT2D eigenvalue weighted by Gasteiger charge is -2.19. The molecule has 34 heavy (non-hydrogen) atoms. The highest BCUT2D eigenvalue weighted by Crippen LogP contribution is 2.34. The summed E-state index contributed by atoms with van der Waals surface area (Å²) in [4.78, 5) is 27.4. The molecule has 2 aliphatic heterocycles. The number of hydrogen-bond donors (Lipinski definition) is 2. The Kier molecular flexibility index (Phi) is 5.80. The molecule has 2 fully saturated rings. The molecule has 1 amide bonds. The predicted octanol–water partition coefficient (Wildman–Crippen LogP) is 3.96. The summed E-state index contributed by atoms with van der Waals surface area (Å²) >= 11 is 0. The van der Waals surface area contributed by atoms with Crippen LogP contribution in [0.5, 0.6) is 5.75 Å². The van der Waals surface area contributed by atoms with E-state index < -0.39 is 12.1 Å². The molecule has 0 unspecified atom stereocenters. The molecule has 1 atom stereocenters. The number of anilines is 1. The average Bonchev–Trinajstić information content (AvgIpc) is 3.46. The van der Waals surface area contributed by atoms with Crippen LogP contribution in [0.1, 0.15) is 52.8 Å². The third-order valence-electron chi connectivity index (χ3n) is 6.44. The van der Waals surface area contributed by atoms with Crippen LogP contribution in [0.2, 0.25) is 0 Å². The first-order valence-corrected chi connectivity index (χ1v) is 11.2. The van der Waals surface area contributed by atoms with Crippen molar-refractivity contribution >= 4 is 22.8 Å². The van der Waals surface area contributed by atoms with Crippen LogP contribution in [0.15, 0.2) is 30.5 Å². The molecule has 8 nitrogen and oxygen atoms in total. The molecule has 180 valence electrons. The average molecular weight is 475 g/mol. The number of hydrogen-bond acceptors (Lipinski definition) is 6. The van der Waals surface area contributed by atoms with Crippen LogP contribution in [-0.2, 0) is 4.74 Å². The maximum absolute atomic E-state index is 13.1. The number of aromatic nitrogens is 3. The number of H-pyrrole nitrogens is 1. The lowest BCUT2D eigenvalue weighted by molar-refractivity contribution is -0.274. The van der Waals surface area contributed by atoms with Crippen LogP contribution in [0.3, 0.4) is 0 Å². The number of alkyl halides is 3. The second kappa shape index (κ2) is 8.79. The molecule has 5 rings (SSSR count). The molecule has 0 aliphatic carbocycles. The SMILES string of the molecule is Nc1cc(OC(F)(F)F)ccc1C(=O)N1CC[C@@H](c2ccnc3[nH]c(C4CCOCC4)nc23)C1. The summed E-state index contributed by atoms with van der Waals surface area (Å²) in [5, 5.41) is 0. The van der Waals surface area contributed by atoms with E-state index >= 15 is 0 Å². The number of likely N-dealkylation sites (tertiary alicyclic amines) is 1. The summed E-state index contributed by atoms with van der Waals surface area (Å²) in [5.74, 6) is 0.505. The second-order valence-electron chi connectivity index (χ2n) is 8.64. The van der Waals surface area contributed by atoms with E-state index in [0.29, 0.717) is 32.2 Å². The molecule has 1 aromatic carbocycles. The van der Waals surface area contributed by atoms with E-state index in [-0.39, 0.29) is 23.1 Å². The quantitative estimate of drug-likeness (QED) is 0.554. The molecule has 4 heterocycles. The molecular weight excluding hydrogens is 451 g/mol. The van der Waals surface area contributed by atoms with Crippen molar-refractivity contribution in [3.63, 3.8) is 0 Å². The molecule has 3 N–H and O–H groups in total. The number of carbonyl (C=O) groups is 1. The van der Waals surface area contributed by atoms with Crippen LogP contribution >= 0.6 is 0 Å². The zero-order chi connectivity index (χ0) is 23.9. The van der Waals surface area contributed by atoms with Crippen molar-refractivity contribution in [2.24, 2.45) is 0 Å². The fourth-order valence-corrected chi connectivity index (χ4v) is 4.74. The van der Waals surface area contributed by atoms with Gasteiger partial charge in [-0.15, -0.1) is 13.2 Å². The number of carbonyl (C=O) groups excluding carboxylic acids is 1. The van der Waals surface area contributed by atoms with Gasteiger partial charge in [-0.2, -0.15) is 0 Å². The van der Waals surface area contributed by atoms with Gasteiger partial charge in [-0.3, -0.25) is 4.79 Å². The van der Waals surface area contributed by atoms with Crippen molar-refractivity contribution in [3.05, 3.63) is 47.4 Å². The van der Waals surface area contributed by atoms with Crippen molar-refractivity contribution in [1.82, 2.24) is 19.9 Å². The number of pyridine rings is 1. The lowest BCUT2D eigenvalue weighted by Crippen LogP contribution is -2.29. The Morgan fingerprint density at radius 1 is 1.18 bits per heavy atom. The van der Waals surface area contributed by atoms with E-state index in [9.17, 15) is 18.0 Å². The molecule has 0 saturated carbocycles. The Bertz CT molecular complexity index is 1210. The molecular formula is C23H24F3N5O3. The number of halogens is 3. The Hall–Kier alpha value is -3.34. The van der Waals surface area contributed by atoms with E-state index in [2.05, 4.69) is 14.7 Å². The van der Waals surface area contributed by atoms with Crippen LogP contribution in [0.4, 0.5) is 18.9 Å². The zero-order valence-electron chi connectivity index (χ0n) is 18.3.